The summed E-state index contributed by atoms with van der Waals surface area (Å²) in [5, 5.41) is 10.2. The number of hydrogen-bond donors (Lipinski definition) is 1. The number of benzene rings is 1. The van der Waals surface area contributed by atoms with Crippen LogP contribution in [0.4, 0.5) is 0 Å². The van der Waals surface area contributed by atoms with Gasteiger partial charge in [-0.2, -0.15) is 0 Å². The molecule has 0 heterocycles. The summed E-state index contributed by atoms with van der Waals surface area (Å²) in [5.41, 5.74) is 0.255. The Labute approximate surface area is 111 Å². The highest BCUT2D eigenvalue weighted by atomic mass is 35.5. The van der Waals surface area contributed by atoms with Crippen LogP contribution in [0.5, 0.6) is 5.75 Å². The molecule has 1 fully saturated rings. The van der Waals surface area contributed by atoms with Crippen molar-refractivity contribution in [3.63, 3.8) is 0 Å². The van der Waals surface area contributed by atoms with E-state index in [0.717, 1.165) is 12.8 Å². The molecule has 1 aliphatic rings. The third-order valence-corrected chi connectivity index (χ3v) is 3.21. The first-order valence-electron chi connectivity index (χ1n) is 5.92. The SMILES string of the molecule is COCCN(C(=O)c1cc(Cl)ccc1O)C1CC1. The van der Waals surface area contributed by atoms with E-state index in [1.54, 1.807) is 18.1 Å². The molecule has 0 atom stereocenters. The van der Waals surface area contributed by atoms with E-state index in [1.165, 1.54) is 12.1 Å². The summed E-state index contributed by atoms with van der Waals surface area (Å²) in [7, 11) is 1.60. The van der Waals surface area contributed by atoms with Crippen LogP contribution in [-0.2, 0) is 4.74 Å². The highest BCUT2D eigenvalue weighted by Crippen LogP contribution is 2.30. The number of nitrogens with zero attached hydrogens (tertiary/aromatic N) is 1. The molecule has 2 rings (SSSR count). The maximum atomic E-state index is 12.4. The van der Waals surface area contributed by atoms with Crippen LogP contribution < -0.4 is 0 Å². The van der Waals surface area contributed by atoms with E-state index in [4.69, 9.17) is 16.3 Å². The minimum absolute atomic E-state index is 0.0348. The monoisotopic (exact) mass is 269 g/mol. The van der Waals surface area contributed by atoms with E-state index in [-0.39, 0.29) is 23.3 Å². The first-order chi connectivity index (χ1) is 8.63. The number of carbonyl (C=O) groups is 1. The van der Waals surface area contributed by atoms with Gasteiger partial charge in [-0.1, -0.05) is 11.6 Å². The second kappa shape index (κ2) is 5.59. The molecule has 5 heteroatoms. The lowest BCUT2D eigenvalue weighted by molar-refractivity contribution is 0.0677. The van der Waals surface area contributed by atoms with Gasteiger partial charge in [0.25, 0.3) is 5.91 Å². The molecule has 0 unspecified atom stereocenters. The number of phenols is 1. The van der Waals surface area contributed by atoms with Crippen LogP contribution in [0, 0.1) is 0 Å². The van der Waals surface area contributed by atoms with Gasteiger partial charge in [0.1, 0.15) is 5.75 Å². The summed E-state index contributed by atoms with van der Waals surface area (Å²) < 4.78 is 5.01. The zero-order valence-corrected chi connectivity index (χ0v) is 11.0. The van der Waals surface area contributed by atoms with Crippen molar-refractivity contribution in [3.05, 3.63) is 28.8 Å². The molecule has 1 N–H and O–H groups in total. The number of methoxy groups -OCH3 is 1. The molecule has 0 aliphatic heterocycles. The number of amides is 1. The minimum Gasteiger partial charge on any atom is -0.507 e. The van der Waals surface area contributed by atoms with Crippen molar-refractivity contribution in [1.82, 2.24) is 4.90 Å². The topological polar surface area (TPSA) is 49.8 Å². The predicted molar refractivity (Wildman–Crippen MR) is 69.1 cm³/mol. The molecule has 0 spiro atoms. The first-order valence-corrected chi connectivity index (χ1v) is 6.29. The Morgan fingerprint density at radius 1 is 1.56 bits per heavy atom. The van der Waals surface area contributed by atoms with E-state index in [2.05, 4.69) is 0 Å². The minimum atomic E-state index is -0.186. The lowest BCUT2D eigenvalue weighted by atomic mass is 10.1. The van der Waals surface area contributed by atoms with Crippen LogP contribution in [0.1, 0.15) is 23.2 Å². The van der Waals surface area contributed by atoms with Gasteiger partial charge in [-0.05, 0) is 31.0 Å². The zero-order chi connectivity index (χ0) is 13.1. The molecular weight excluding hydrogens is 254 g/mol. The van der Waals surface area contributed by atoms with Crippen molar-refractivity contribution >= 4 is 17.5 Å². The van der Waals surface area contributed by atoms with Crippen LogP contribution in [-0.4, -0.2) is 42.2 Å². The van der Waals surface area contributed by atoms with E-state index < -0.39 is 0 Å². The molecule has 0 aromatic heterocycles. The average molecular weight is 270 g/mol. The number of phenolic OH excluding ortho intramolecular Hbond substituents is 1. The fourth-order valence-corrected chi connectivity index (χ4v) is 2.03. The molecule has 98 valence electrons. The Morgan fingerprint density at radius 2 is 2.28 bits per heavy atom. The van der Waals surface area contributed by atoms with Crippen molar-refractivity contribution in [1.29, 1.82) is 0 Å². The number of rotatable bonds is 5. The second-order valence-electron chi connectivity index (χ2n) is 4.38. The van der Waals surface area contributed by atoms with Gasteiger partial charge < -0.3 is 14.7 Å². The van der Waals surface area contributed by atoms with Gasteiger partial charge in [-0.25, -0.2) is 0 Å². The summed E-state index contributed by atoms with van der Waals surface area (Å²) in [6.45, 7) is 1.02. The van der Waals surface area contributed by atoms with Gasteiger partial charge in [-0.15, -0.1) is 0 Å². The molecule has 18 heavy (non-hydrogen) atoms. The number of carbonyl (C=O) groups excluding carboxylic acids is 1. The van der Waals surface area contributed by atoms with E-state index in [0.29, 0.717) is 18.2 Å². The molecule has 0 bridgehead atoms. The zero-order valence-electron chi connectivity index (χ0n) is 10.2. The van der Waals surface area contributed by atoms with Gasteiger partial charge in [-0.3, -0.25) is 4.79 Å². The van der Waals surface area contributed by atoms with Gasteiger partial charge in [0, 0.05) is 24.7 Å². The first kappa shape index (κ1) is 13.2. The Balaban J connectivity index is 2.19. The second-order valence-corrected chi connectivity index (χ2v) is 4.82. The molecule has 0 saturated heterocycles. The van der Waals surface area contributed by atoms with Gasteiger partial charge in [0.2, 0.25) is 0 Å². The van der Waals surface area contributed by atoms with E-state index >= 15 is 0 Å². The largest absolute Gasteiger partial charge is 0.507 e. The van der Waals surface area contributed by atoms with Gasteiger partial charge in [0.15, 0.2) is 0 Å². The van der Waals surface area contributed by atoms with Crippen LogP contribution in [0.3, 0.4) is 0 Å². The summed E-state index contributed by atoms with van der Waals surface area (Å²) in [6.07, 6.45) is 2.02. The Morgan fingerprint density at radius 3 is 2.89 bits per heavy atom. The van der Waals surface area contributed by atoms with Crippen LogP contribution >= 0.6 is 11.6 Å². The molecule has 1 aromatic carbocycles. The highest BCUT2D eigenvalue weighted by molar-refractivity contribution is 6.31. The van der Waals surface area contributed by atoms with Crippen molar-refractivity contribution in [2.45, 2.75) is 18.9 Å². The molecular formula is C13H16ClNO3. The summed E-state index contributed by atoms with van der Waals surface area (Å²) in [5.74, 6) is -0.220. The van der Waals surface area contributed by atoms with Crippen molar-refractivity contribution < 1.29 is 14.6 Å². The molecule has 1 aromatic rings. The van der Waals surface area contributed by atoms with Crippen molar-refractivity contribution in [3.8, 4) is 5.75 Å². The normalized spacial score (nSPS) is 14.6. The van der Waals surface area contributed by atoms with Gasteiger partial charge in [0.05, 0.1) is 12.2 Å². The fraction of sp³-hybridized carbons (Fsp3) is 0.462. The summed E-state index contributed by atoms with van der Waals surface area (Å²) in [4.78, 5) is 14.1. The van der Waals surface area contributed by atoms with Crippen LogP contribution in [0.25, 0.3) is 0 Å². The lowest BCUT2D eigenvalue weighted by Crippen LogP contribution is -2.35. The Kier molecular flexibility index (Phi) is 4.09. The lowest BCUT2D eigenvalue weighted by Gasteiger charge is -2.22. The average Bonchev–Trinajstić information content (AvgIpc) is 3.17. The van der Waals surface area contributed by atoms with Crippen molar-refractivity contribution in [2.75, 3.05) is 20.3 Å². The quantitative estimate of drug-likeness (QED) is 0.892. The number of aromatic hydroxyl groups is 1. The predicted octanol–water partition coefficient (Wildman–Crippen LogP) is 2.30. The standard InChI is InChI=1S/C13H16ClNO3/c1-18-7-6-15(10-3-4-10)13(17)11-8-9(14)2-5-12(11)16/h2,5,8,10,16H,3-4,6-7H2,1H3. The highest BCUT2D eigenvalue weighted by Gasteiger charge is 2.33. The van der Waals surface area contributed by atoms with Gasteiger partial charge >= 0.3 is 0 Å². The fourth-order valence-electron chi connectivity index (χ4n) is 1.86. The summed E-state index contributed by atoms with van der Waals surface area (Å²) in [6, 6.07) is 4.77. The van der Waals surface area contributed by atoms with Crippen molar-refractivity contribution in [2.24, 2.45) is 0 Å². The number of hydrogen-bond acceptors (Lipinski definition) is 3. The van der Waals surface area contributed by atoms with E-state index in [9.17, 15) is 9.90 Å². The number of ether oxygens (including phenoxy) is 1. The molecule has 1 aliphatic carbocycles. The maximum Gasteiger partial charge on any atom is 0.257 e. The molecule has 0 radical (unpaired) electrons. The molecule has 4 nitrogen and oxygen atoms in total. The van der Waals surface area contributed by atoms with Crippen LogP contribution in [0.15, 0.2) is 18.2 Å². The molecule has 1 saturated carbocycles. The smallest absolute Gasteiger partial charge is 0.257 e. The van der Waals surface area contributed by atoms with E-state index in [1.807, 2.05) is 0 Å². The third kappa shape index (κ3) is 2.94. The Hall–Kier alpha value is -1.26. The summed E-state index contributed by atoms with van der Waals surface area (Å²) >= 11 is 5.86. The maximum absolute atomic E-state index is 12.4. The Bertz CT molecular complexity index is 446. The molecule has 1 amide bonds. The number of halogens is 1. The van der Waals surface area contributed by atoms with Crippen LogP contribution in [0.2, 0.25) is 5.02 Å². The third-order valence-electron chi connectivity index (χ3n) is 2.97.